The maximum atomic E-state index is 11.9. The first-order chi connectivity index (χ1) is 9.16. The van der Waals surface area contributed by atoms with E-state index in [1.807, 2.05) is 24.3 Å². The Morgan fingerprint density at radius 2 is 2.25 bits per heavy atom. The summed E-state index contributed by atoms with van der Waals surface area (Å²) in [6, 6.07) is 7.84. The van der Waals surface area contributed by atoms with Gasteiger partial charge in [-0.25, -0.2) is 0 Å². The molecule has 0 aliphatic carbocycles. The quantitative estimate of drug-likeness (QED) is 0.831. The lowest BCUT2D eigenvalue weighted by Crippen LogP contribution is -2.50. The van der Waals surface area contributed by atoms with Gasteiger partial charge < -0.3 is 10.6 Å². The molecule has 0 spiro atoms. The Bertz CT molecular complexity index is 445. The number of benzene rings is 1. The number of amides is 1. The number of hydrogen-bond donors (Lipinski definition) is 2. The smallest absolute Gasteiger partial charge is 0.230 e. The molecule has 20 heavy (non-hydrogen) atoms. The van der Waals surface area contributed by atoms with Crippen LogP contribution >= 0.6 is 35.8 Å². The van der Waals surface area contributed by atoms with Gasteiger partial charge in [0.05, 0.1) is 10.8 Å². The first-order valence-electron chi connectivity index (χ1n) is 6.54. The molecule has 1 fully saturated rings. The molecule has 1 aromatic carbocycles. The lowest BCUT2D eigenvalue weighted by atomic mass is 9.95. The first kappa shape index (κ1) is 17.6. The van der Waals surface area contributed by atoms with Crippen molar-refractivity contribution in [2.24, 2.45) is 5.92 Å². The van der Waals surface area contributed by atoms with Crippen LogP contribution in [0.25, 0.3) is 0 Å². The maximum Gasteiger partial charge on any atom is 0.230 e. The zero-order valence-corrected chi connectivity index (χ0v) is 13.8. The van der Waals surface area contributed by atoms with E-state index >= 15 is 0 Å². The first-order valence-corrected chi connectivity index (χ1v) is 7.90. The van der Waals surface area contributed by atoms with Crippen molar-refractivity contribution >= 4 is 41.7 Å². The van der Waals surface area contributed by atoms with Gasteiger partial charge in [-0.2, -0.15) is 0 Å². The molecular weight excluding hydrogens is 315 g/mol. The molecule has 1 aliphatic heterocycles. The van der Waals surface area contributed by atoms with Crippen LogP contribution in [0.15, 0.2) is 29.2 Å². The summed E-state index contributed by atoms with van der Waals surface area (Å²) in [6.07, 6.45) is 1.11. The molecule has 6 heteroatoms. The van der Waals surface area contributed by atoms with Crippen molar-refractivity contribution in [3.05, 3.63) is 29.3 Å². The van der Waals surface area contributed by atoms with Gasteiger partial charge in [0.25, 0.3) is 0 Å². The number of halogens is 2. The molecule has 0 bridgehead atoms. The molecule has 0 aromatic heterocycles. The van der Waals surface area contributed by atoms with Gasteiger partial charge in [-0.05, 0) is 31.0 Å². The van der Waals surface area contributed by atoms with Crippen LogP contribution in [0.2, 0.25) is 5.02 Å². The summed E-state index contributed by atoms with van der Waals surface area (Å²) in [5.74, 6) is 1.02. The van der Waals surface area contributed by atoms with Gasteiger partial charge in [-0.1, -0.05) is 30.7 Å². The van der Waals surface area contributed by atoms with E-state index in [1.54, 1.807) is 0 Å². The number of rotatable bonds is 4. The average molecular weight is 335 g/mol. The second-order valence-corrected chi connectivity index (χ2v) is 6.29. The Morgan fingerprint density at radius 3 is 2.95 bits per heavy atom. The highest BCUT2D eigenvalue weighted by Crippen LogP contribution is 2.26. The lowest BCUT2D eigenvalue weighted by Gasteiger charge is -2.30. The van der Waals surface area contributed by atoms with E-state index in [-0.39, 0.29) is 24.4 Å². The normalized spacial score (nSPS) is 21.9. The molecule has 0 radical (unpaired) electrons. The molecular formula is C14H20Cl2N2OS. The number of carbonyl (C=O) groups is 1. The predicted molar refractivity (Wildman–Crippen MR) is 88.0 cm³/mol. The number of carbonyl (C=O) groups excluding carboxylic acids is 1. The van der Waals surface area contributed by atoms with Crippen LogP contribution in [-0.2, 0) is 4.79 Å². The highest BCUT2D eigenvalue weighted by Gasteiger charge is 2.22. The third-order valence-electron chi connectivity index (χ3n) is 3.37. The van der Waals surface area contributed by atoms with Crippen molar-refractivity contribution < 1.29 is 4.79 Å². The fourth-order valence-electron chi connectivity index (χ4n) is 2.14. The molecule has 1 saturated heterocycles. The van der Waals surface area contributed by atoms with Gasteiger partial charge in [-0.3, -0.25) is 4.79 Å². The minimum atomic E-state index is 0. The van der Waals surface area contributed by atoms with Gasteiger partial charge in [0.2, 0.25) is 5.91 Å². The number of hydrogen-bond acceptors (Lipinski definition) is 3. The van der Waals surface area contributed by atoms with E-state index in [1.165, 1.54) is 11.8 Å². The van der Waals surface area contributed by atoms with Crippen LogP contribution < -0.4 is 10.6 Å². The Morgan fingerprint density at radius 1 is 1.50 bits per heavy atom. The molecule has 3 nitrogen and oxygen atoms in total. The van der Waals surface area contributed by atoms with Gasteiger partial charge in [-0.15, -0.1) is 24.2 Å². The van der Waals surface area contributed by atoms with Gasteiger partial charge in [0.1, 0.15) is 0 Å². The summed E-state index contributed by atoms with van der Waals surface area (Å²) in [5.41, 5.74) is 0. The van der Waals surface area contributed by atoms with Crippen LogP contribution in [-0.4, -0.2) is 30.8 Å². The summed E-state index contributed by atoms with van der Waals surface area (Å²) in [6.45, 7) is 4.10. The summed E-state index contributed by atoms with van der Waals surface area (Å²) in [4.78, 5) is 12.9. The summed E-state index contributed by atoms with van der Waals surface area (Å²) in [7, 11) is 0. The van der Waals surface area contributed by atoms with E-state index in [9.17, 15) is 4.79 Å². The Labute approximate surface area is 135 Å². The van der Waals surface area contributed by atoms with Gasteiger partial charge >= 0.3 is 0 Å². The molecule has 1 aliphatic rings. The Hall–Kier alpha value is -0.420. The summed E-state index contributed by atoms with van der Waals surface area (Å²) in [5, 5.41) is 7.11. The van der Waals surface area contributed by atoms with E-state index in [0.717, 1.165) is 24.4 Å². The van der Waals surface area contributed by atoms with Crippen molar-refractivity contribution in [3.63, 3.8) is 0 Å². The van der Waals surface area contributed by atoms with Crippen LogP contribution in [0.4, 0.5) is 0 Å². The largest absolute Gasteiger partial charge is 0.351 e. The van der Waals surface area contributed by atoms with Crippen LogP contribution in [0.5, 0.6) is 0 Å². The van der Waals surface area contributed by atoms with Crippen molar-refractivity contribution in [1.82, 2.24) is 10.6 Å². The molecule has 112 valence electrons. The standard InChI is InChI=1S/C14H19ClN2OS.ClH/c1-10-6-7-16-8-12(10)17-14(18)9-19-13-5-3-2-4-11(13)15;/h2-5,10,12,16H,6-9H2,1H3,(H,17,18);1H. The average Bonchev–Trinajstić information content (AvgIpc) is 2.40. The van der Waals surface area contributed by atoms with E-state index in [0.29, 0.717) is 16.7 Å². The van der Waals surface area contributed by atoms with Gasteiger partial charge in [0.15, 0.2) is 0 Å². The second kappa shape index (κ2) is 8.78. The van der Waals surface area contributed by atoms with Crippen molar-refractivity contribution in [2.45, 2.75) is 24.3 Å². The molecule has 2 atom stereocenters. The number of nitrogens with one attached hydrogen (secondary N) is 2. The highest BCUT2D eigenvalue weighted by atomic mass is 35.5. The molecule has 0 saturated carbocycles. The molecule has 1 amide bonds. The summed E-state index contributed by atoms with van der Waals surface area (Å²) >= 11 is 7.54. The Balaban J connectivity index is 0.00000200. The fourth-order valence-corrected chi connectivity index (χ4v) is 3.19. The predicted octanol–water partition coefficient (Wildman–Crippen LogP) is 2.97. The number of piperidine rings is 1. The van der Waals surface area contributed by atoms with Crippen molar-refractivity contribution in [1.29, 1.82) is 0 Å². The lowest BCUT2D eigenvalue weighted by molar-refractivity contribution is -0.119. The number of thioether (sulfide) groups is 1. The zero-order chi connectivity index (χ0) is 13.7. The van der Waals surface area contributed by atoms with Crippen LogP contribution in [0.1, 0.15) is 13.3 Å². The fraction of sp³-hybridized carbons (Fsp3) is 0.500. The maximum absolute atomic E-state index is 11.9. The molecule has 1 aromatic rings. The topological polar surface area (TPSA) is 41.1 Å². The molecule has 2 rings (SSSR count). The minimum Gasteiger partial charge on any atom is -0.351 e. The Kier molecular flexibility index (Phi) is 7.74. The van der Waals surface area contributed by atoms with Crippen molar-refractivity contribution in [2.75, 3.05) is 18.8 Å². The molecule has 2 N–H and O–H groups in total. The monoisotopic (exact) mass is 334 g/mol. The highest BCUT2D eigenvalue weighted by molar-refractivity contribution is 8.00. The molecule has 1 heterocycles. The molecule has 2 unspecified atom stereocenters. The van der Waals surface area contributed by atoms with Gasteiger partial charge in [0, 0.05) is 17.5 Å². The minimum absolute atomic E-state index is 0. The van der Waals surface area contributed by atoms with Crippen LogP contribution in [0.3, 0.4) is 0 Å². The van der Waals surface area contributed by atoms with Crippen LogP contribution in [0, 0.1) is 5.92 Å². The van der Waals surface area contributed by atoms with E-state index in [4.69, 9.17) is 11.6 Å². The van der Waals surface area contributed by atoms with Crippen molar-refractivity contribution in [3.8, 4) is 0 Å². The summed E-state index contributed by atoms with van der Waals surface area (Å²) < 4.78 is 0. The second-order valence-electron chi connectivity index (χ2n) is 4.86. The third-order valence-corrected chi connectivity index (χ3v) is 4.88. The van der Waals surface area contributed by atoms with E-state index < -0.39 is 0 Å². The zero-order valence-electron chi connectivity index (χ0n) is 11.4. The van der Waals surface area contributed by atoms with E-state index in [2.05, 4.69) is 17.6 Å². The SMILES string of the molecule is CC1CCNCC1NC(=O)CSc1ccccc1Cl.Cl. The third kappa shape index (κ3) is 5.17.